The summed E-state index contributed by atoms with van der Waals surface area (Å²) in [5.74, 6) is 0.0104. The van der Waals surface area contributed by atoms with Crippen molar-refractivity contribution in [1.82, 2.24) is 20.1 Å². The van der Waals surface area contributed by atoms with Gasteiger partial charge in [-0.1, -0.05) is 30.3 Å². The second-order valence-electron chi connectivity index (χ2n) is 6.21. The van der Waals surface area contributed by atoms with E-state index in [1.54, 1.807) is 0 Å². The van der Waals surface area contributed by atoms with Crippen molar-refractivity contribution < 1.29 is 4.79 Å². The molecular weight excluding hydrogens is 300 g/mol. The molecule has 1 amide bonds. The van der Waals surface area contributed by atoms with Gasteiger partial charge in [-0.05, 0) is 30.7 Å². The molecule has 0 aliphatic carbocycles. The lowest BCUT2D eigenvalue weighted by atomic mass is 10.2. The van der Waals surface area contributed by atoms with Crippen LogP contribution in [0.15, 0.2) is 48.7 Å². The lowest BCUT2D eigenvalue weighted by Gasteiger charge is -2.27. The van der Waals surface area contributed by atoms with Crippen LogP contribution in [0, 0.1) is 0 Å². The zero-order chi connectivity index (χ0) is 16.6. The molecule has 1 aromatic carbocycles. The maximum Gasteiger partial charge on any atom is 0.267 e. The van der Waals surface area contributed by atoms with Crippen molar-refractivity contribution in [1.29, 1.82) is 0 Å². The third-order valence-corrected chi connectivity index (χ3v) is 4.40. The average molecular weight is 326 g/mol. The molecule has 24 heavy (non-hydrogen) atoms. The first-order chi connectivity index (χ1) is 11.8. The molecule has 1 aliphatic rings. The maximum atomic E-state index is 12.4. The number of hydrogen-bond acceptors (Lipinski definition) is 3. The molecule has 1 saturated heterocycles. The van der Waals surface area contributed by atoms with E-state index in [0.717, 1.165) is 57.9 Å². The van der Waals surface area contributed by atoms with Crippen molar-refractivity contribution in [3.05, 3.63) is 59.9 Å². The molecule has 128 valence electrons. The normalized spacial score (nSPS) is 15.3. The van der Waals surface area contributed by atoms with Gasteiger partial charge in [-0.15, -0.1) is 0 Å². The zero-order valence-electron chi connectivity index (χ0n) is 14.1. The van der Waals surface area contributed by atoms with Crippen LogP contribution in [0.4, 0.5) is 0 Å². The molecule has 1 aliphatic heterocycles. The summed E-state index contributed by atoms with van der Waals surface area (Å²) in [6, 6.07) is 14.0. The van der Waals surface area contributed by atoms with E-state index in [4.69, 9.17) is 0 Å². The summed E-state index contributed by atoms with van der Waals surface area (Å²) in [5.41, 5.74) is 1.92. The molecule has 5 nitrogen and oxygen atoms in total. The third kappa shape index (κ3) is 4.69. The minimum atomic E-state index is 0.0104. The third-order valence-electron chi connectivity index (χ3n) is 4.40. The van der Waals surface area contributed by atoms with Gasteiger partial charge in [-0.25, -0.2) is 0 Å². The molecule has 2 heterocycles. The monoisotopic (exact) mass is 326 g/mol. The standard InChI is InChI=1S/C19H26N4O/c24-19(21-9-5-12-22-14-10-20-11-15-22)18-8-4-13-23(18)16-17-6-2-1-3-7-17/h1-4,6-8,13,20H,5,9-12,14-16H2,(H,21,24). The van der Waals surface area contributed by atoms with Gasteiger partial charge in [-0.2, -0.15) is 0 Å². The molecule has 0 spiro atoms. The molecule has 3 rings (SSSR count). The predicted molar refractivity (Wildman–Crippen MR) is 96.2 cm³/mol. The van der Waals surface area contributed by atoms with Crippen LogP contribution in [0.25, 0.3) is 0 Å². The summed E-state index contributed by atoms with van der Waals surface area (Å²) < 4.78 is 2.00. The number of rotatable bonds is 7. The van der Waals surface area contributed by atoms with E-state index in [-0.39, 0.29) is 5.91 Å². The molecule has 1 aromatic heterocycles. The molecule has 2 aromatic rings. The van der Waals surface area contributed by atoms with Crippen molar-refractivity contribution in [2.24, 2.45) is 0 Å². The highest BCUT2D eigenvalue weighted by Gasteiger charge is 2.12. The molecule has 1 fully saturated rings. The van der Waals surface area contributed by atoms with Crippen LogP contribution < -0.4 is 10.6 Å². The quantitative estimate of drug-likeness (QED) is 0.759. The Kier molecular flexibility index (Phi) is 6.04. The van der Waals surface area contributed by atoms with E-state index < -0.39 is 0 Å². The number of piperazine rings is 1. The Hall–Kier alpha value is -2.11. The lowest BCUT2D eigenvalue weighted by molar-refractivity contribution is 0.0942. The van der Waals surface area contributed by atoms with Gasteiger partial charge in [-0.3, -0.25) is 4.79 Å². The maximum absolute atomic E-state index is 12.4. The first kappa shape index (κ1) is 16.7. The van der Waals surface area contributed by atoms with Gasteiger partial charge in [0.2, 0.25) is 0 Å². The van der Waals surface area contributed by atoms with Crippen LogP contribution in [-0.2, 0) is 6.54 Å². The number of amides is 1. The highest BCUT2D eigenvalue weighted by Crippen LogP contribution is 2.08. The summed E-state index contributed by atoms with van der Waals surface area (Å²) in [6.45, 7) is 6.84. The Labute approximate surface area is 143 Å². The van der Waals surface area contributed by atoms with Crippen LogP contribution >= 0.6 is 0 Å². The lowest BCUT2D eigenvalue weighted by Crippen LogP contribution is -2.44. The van der Waals surface area contributed by atoms with E-state index in [1.165, 1.54) is 5.56 Å². The highest BCUT2D eigenvalue weighted by molar-refractivity contribution is 5.92. The predicted octanol–water partition coefficient (Wildman–Crippen LogP) is 1.56. The van der Waals surface area contributed by atoms with Crippen LogP contribution in [0.5, 0.6) is 0 Å². The molecule has 0 saturated carbocycles. The van der Waals surface area contributed by atoms with Gasteiger partial charge in [0, 0.05) is 45.5 Å². The van der Waals surface area contributed by atoms with Crippen LogP contribution in [0.2, 0.25) is 0 Å². The molecule has 0 bridgehead atoms. The SMILES string of the molecule is O=C(NCCCN1CCNCC1)c1cccn1Cc1ccccc1. The van der Waals surface area contributed by atoms with Crippen molar-refractivity contribution in [3.8, 4) is 0 Å². The molecule has 0 unspecified atom stereocenters. The first-order valence-electron chi connectivity index (χ1n) is 8.73. The fourth-order valence-electron chi connectivity index (χ4n) is 3.07. The summed E-state index contributed by atoms with van der Waals surface area (Å²) >= 11 is 0. The molecule has 0 radical (unpaired) electrons. The summed E-state index contributed by atoms with van der Waals surface area (Å²) in [4.78, 5) is 14.9. The van der Waals surface area contributed by atoms with E-state index >= 15 is 0 Å². The number of carbonyl (C=O) groups is 1. The summed E-state index contributed by atoms with van der Waals surface area (Å²) in [7, 11) is 0. The number of benzene rings is 1. The van der Waals surface area contributed by atoms with Crippen molar-refractivity contribution in [2.75, 3.05) is 39.3 Å². The average Bonchev–Trinajstić information content (AvgIpc) is 3.08. The fraction of sp³-hybridized carbons (Fsp3) is 0.421. The number of nitrogens with one attached hydrogen (secondary N) is 2. The number of aromatic nitrogens is 1. The molecule has 5 heteroatoms. The Bertz CT molecular complexity index is 632. The van der Waals surface area contributed by atoms with Crippen LogP contribution in [-0.4, -0.2) is 54.6 Å². The Morgan fingerprint density at radius 2 is 1.88 bits per heavy atom. The Morgan fingerprint density at radius 3 is 2.67 bits per heavy atom. The number of hydrogen-bond donors (Lipinski definition) is 2. The fourth-order valence-corrected chi connectivity index (χ4v) is 3.07. The molecule has 2 N–H and O–H groups in total. The smallest absolute Gasteiger partial charge is 0.267 e. The van der Waals surface area contributed by atoms with Gasteiger partial charge in [0.1, 0.15) is 5.69 Å². The number of nitrogens with zero attached hydrogens (tertiary/aromatic N) is 2. The highest BCUT2D eigenvalue weighted by atomic mass is 16.1. The topological polar surface area (TPSA) is 49.3 Å². The van der Waals surface area contributed by atoms with Gasteiger partial charge in [0.25, 0.3) is 5.91 Å². The largest absolute Gasteiger partial charge is 0.351 e. The van der Waals surface area contributed by atoms with E-state index in [9.17, 15) is 4.79 Å². The van der Waals surface area contributed by atoms with Gasteiger partial charge in [0.15, 0.2) is 0 Å². The van der Waals surface area contributed by atoms with Crippen LogP contribution in [0.3, 0.4) is 0 Å². The first-order valence-corrected chi connectivity index (χ1v) is 8.73. The minimum Gasteiger partial charge on any atom is -0.351 e. The zero-order valence-corrected chi connectivity index (χ0v) is 14.1. The minimum absolute atomic E-state index is 0.0104. The van der Waals surface area contributed by atoms with E-state index in [0.29, 0.717) is 0 Å². The molecule has 0 atom stereocenters. The Morgan fingerprint density at radius 1 is 1.08 bits per heavy atom. The van der Waals surface area contributed by atoms with Gasteiger partial charge in [0.05, 0.1) is 0 Å². The van der Waals surface area contributed by atoms with E-state index in [2.05, 4.69) is 27.7 Å². The van der Waals surface area contributed by atoms with Crippen molar-refractivity contribution >= 4 is 5.91 Å². The number of carbonyl (C=O) groups excluding carboxylic acids is 1. The van der Waals surface area contributed by atoms with Crippen molar-refractivity contribution in [2.45, 2.75) is 13.0 Å². The Balaban J connectivity index is 1.46. The second-order valence-corrected chi connectivity index (χ2v) is 6.21. The molecular formula is C19H26N4O. The van der Waals surface area contributed by atoms with Gasteiger partial charge < -0.3 is 20.1 Å². The summed E-state index contributed by atoms with van der Waals surface area (Å²) in [6.07, 6.45) is 2.95. The van der Waals surface area contributed by atoms with Crippen molar-refractivity contribution in [3.63, 3.8) is 0 Å². The van der Waals surface area contributed by atoms with Crippen LogP contribution in [0.1, 0.15) is 22.5 Å². The van der Waals surface area contributed by atoms with Gasteiger partial charge >= 0.3 is 0 Å². The summed E-state index contributed by atoms with van der Waals surface area (Å²) in [5, 5.41) is 6.40. The van der Waals surface area contributed by atoms with E-state index in [1.807, 2.05) is 41.1 Å². The second kappa shape index (κ2) is 8.66.